The largest absolute Gasteiger partial charge is 0.426 e. The molecule has 0 N–H and O–H groups in total. The minimum Gasteiger partial charge on any atom is -0.426 e. The van der Waals surface area contributed by atoms with Crippen LogP contribution in [0.5, 0.6) is 5.75 Å². The van der Waals surface area contributed by atoms with Crippen molar-refractivity contribution in [3.05, 3.63) is 53.1 Å². The molecule has 1 rings (SSSR count). The predicted molar refractivity (Wildman–Crippen MR) is 83.9 cm³/mol. The molecule has 108 valence electrons. The molecule has 0 aliphatic heterocycles. The first-order valence-electron chi connectivity index (χ1n) is 7.04. The lowest BCUT2D eigenvalue weighted by molar-refractivity contribution is -0.131. The quantitative estimate of drug-likeness (QED) is 0.420. The second kappa shape index (κ2) is 8.36. The van der Waals surface area contributed by atoms with Crippen LogP contribution in [0.2, 0.25) is 0 Å². The topological polar surface area (TPSA) is 26.3 Å². The second-order valence-corrected chi connectivity index (χ2v) is 5.28. The molecular formula is C18H24O2. The number of para-hydroxylation sites is 1. The zero-order chi connectivity index (χ0) is 15.0. The van der Waals surface area contributed by atoms with E-state index in [0.29, 0.717) is 5.75 Å². The molecule has 0 aliphatic rings. The van der Waals surface area contributed by atoms with Crippen molar-refractivity contribution in [2.24, 2.45) is 0 Å². The molecule has 0 spiro atoms. The summed E-state index contributed by atoms with van der Waals surface area (Å²) in [6.07, 6.45) is 7.41. The van der Waals surface area contributed by atoms with Gasteiger partial charge in [-0.1, -0.05) is 41.5 Å². The molecule has 1 aromatic rings. The van der Waals surface area contributed by atoms with Gasteiger partial charge in [-0.2, -0.15) is 0 Å². The van der Waals surface area contributed by atoms with E-state index in [-0.39, 0.29) is 5.97 Å². The molecule has 2 nitrogen and oxygen atoms in total. The minimum absolute atomic E-state index is 0.276. The number of allylic oxidation sites excluding steroid dienone is 4. The molecule has 0 heterocycles. The standard InChI is InChI=1S/C18H24O2/c1-14(2)8-7-9-15(3)12-13-17-10-5-6-11-18(17)20-16(4)19/h5-6,8,10-12H,7,9,13H2,1-4H3. The van der Waals surface area contributed by atoms with Crippen LogP contribution in [-0.4, -0.2) is 5.97 Å². The van der Waals surface area contributed by atoms with Crippen molar-refractivity contribution in [3.8, 4) is 5.75 Å². The maximum Gasteiger partial charge on any atom is 0.308 e. The number of hydrogen-bond acceptors (Lipinski definition) is 2. The molecule has 1 aromatic carbocycles. The van der Waals surface area contributed by atoms with Gasteiger partial charge in [-0.3, -0.25) is 4.79 Å². The predicted octanol–water partition coefficient (Wildman–Crippen LogP) is 4.85. The van der Waals surface area contributed by atoms with E-state index in [0.717, 1.165) is 24.8 Å². The molecule has 0 fully saturated rings. The summed E-state index contributed by atoms with van der Waals surface area (Å²) in [5.41, 5.74) is 3.77. The number of ether oxygens (including phenoxy) is 1. The fourth-order valence-corrected chi connectivity index (χ4v) is 1.90. The highest BCUT2D eigenvalue weighted by atomic mass is 16.5. The summed E-state index contributed by atoms with van der Waals surface area (Å²) >= 11 is 0. The maximum absolute atomic E-state index is 11.1. The van der Waals surface area contributed by atoms with Crippen LogP contribution in [0, 0.1) is 0 Å². The summed E-state index contributed by atoms with van der Waals surface area (Å²) in [5, 5.41) is 0. The molecule has 0 saturated heterocycles. The lowest BCUT2D eigenvalue weighted by Crippen LogP contribution is -2.03. The Morgan fingerprint density at radius 1 is 1.10 bits per heavy atom. The molecule has 0 amide bonds. The van der Waals surface area contributed by atoms with Gasteiger partial charge in [0.25, 0.3) is 0 Å². The first-order valence-corrected chi connectivity index (χ1v) is 7.04. The molecule has 0 saturated carbocycles. The van der Waals surface area contributed by atoms with Gasteiger partial charge in [0.05, 0.1) is 0 Å². The molecule has 0 aliphatic carbocycles. The third kappa shape index (κ3) is 6.37. The third-order valence-electron chi connectivity index (χ3n) is 2.99. The average molecular weight is 272 g/mol. The maximum atomic E-state index is 11.1. The van der Waals surface area contributed by atoms with Crippen molar-refractivity contribution in [2.75, 3.05) is 0 Å². The third-order valence-corrected chi connectivity index (χ3v) is 2.99. The Kier molecular flexibility index (Phi) is 6.78. The van der Waals surface area contributed by atoms with Crippen molar-refractivity contribution in [1.82, 2.24) is 0 Å². The lowest BCUT2D eigenvalue weighted by atomic mass is 10.1. The highest BCUT2D eigenvalue weighted by Crippen LogP contribution is 2.20. The average Bonchev–Trinajstić information content (AvgIpc) is 2.36. The van der Waals surface area contributed by atoms with Gasteiger partial charge in [-0.05, 0) is 51.7 Å². The first-order chi connectivity index (χ1) is 9.49. The summed E-state index contributed by atoms with van der Waals surface area (Å²) in [5.74, 6) is 0.384. The Hall–Kier alpha value is -1.83. The van der Waals surface area contributed by atoms with Gasteiger partial charge in [0.2, 0.25) is 0 Å². The van der Waals surface area contributed by atoms with Crippen molar-refractivity contribution in [2.45, 2.75) is 47.0 Å². The summed E-state index contributed by atoms with van der Waals surface area (Å²) in [6, 6.07) is 7.68. The Morgan fingerprint density at radius 2 is 1.80 bits per heavy atom. The van der Waals surface area contributed by atoms with Crippen molar-refractivity contribution >= 4 is 5.97 Å². The van der Waals surface area contributed by atoms with E-state index in [1.165, 1.54) is 18.1 Å². The van der Waals surface area contributed by atoms with Gasteiger partial charge in [0.1, 0.15) is 5.75 Å². The molecule has 0 unspecified atom stereocenters. The van der Waals surface area contributed by atoms with Crippen LogP contribution in [-0.2, 0) is 11.2 Å². The summed E-state index contributed by atoms with van der Waals surface area (Å²) < 4.78 is 5.21. The van der Waals surface area contributed by atoms with Crippen molar-refractivity contribution < 1.29 is 9.53 Å². The monoisotopic (exact) mass is 272 g/mol. The summed E-state index contributed by atoms with van der Waals surface area (Å²) in [4.78, 5) is 11.1. The zero-order valence-electron chi connectivity index (χ0n) is 12.9. The van der Waals surface area contributed by atoms with Crippen molar-refractivity contribution in [1.29, 1.82) is 0 Å². The molecular weight excluding hydrogens is 248 g/mol. The fraction of sp³-hybridized carbons (Fsp3) is 0.389. The molecule has 0 bridgehead atoms. The molecule has 0 atom stereocenters. The summed E-state index contributed by atoms with van der Waals surface area (Å²) in [7, 11) is 0. The number of carbonyl (C=O) groups is 1. The lowest BCUT2D eigenvalue weighted by Gasteiger charge is -2.07. The van der Waals surface area contributed by atoms with Gasteiger partial charge in [0, 0.05) is 6.92 Å². The number of esters is 1. The van der Waals surface area contributed by atoms with Crippen LogP contribution >= 0.6 is 0 Å². The van der Waals surface area contributed by atoms with Crippen LogP contribution in [0.4, 0.5) is 0 Å². The van der Waals surface area contributed by atoms with Gasteiger partial charge in [-0.15, -0.1) is 0 Å². The van der Waals surface area contributed by atoms with E-state index in [4.69, 9.17) is 4.74 Å². The van der Waals surface area contributed by atoms with E-state index in [1.807, 2.05) is 24.3 Å². The Balaban J connectivity index is 2.64. The SMILES string of the molecule is CC(=O)Oc1ccccc1CC=C(C)CCC=C(C)C. The van der Waals surface area contributed by atoms with Gasteiger partial charge in [0.15, 0.2) is 0 Å². The molecule has 20 heavy (non-hydrogen) atoms. The smallest absolute Gasteiger partial charge is 0.308 e. The molecule has 2 heteroatoms. The van der Waals surface area contributed by atoms with Gasteiger partial charge in [-0.25, -0.2) is 0 Å². The van der Waals surface area contributed by atoms with Crippen LogP contribution < -0.4 is 4.74 Å². The fourth-order valence-electron chi connectivity index (χ4n) is 1.90. The van der Waals surface area contributed by atoms with E-state index in [9.17, 15) is 4.79 Å². The van der Waals surface area contributed by atoms with E-state index < -0.39 is 0 Å². The molecule has 0 radical (unpaired) electrons. The number of benzene rings is 1. The normalized spacial score (nSPS) is 11.1. The minimum atomic E-state index is -0.276. The number of carbonyl (C=O) groups excluding carboxylic acids is 1. The van der Waals surface area contributed by atoms with E-state index in [2.05, 4.69) is 32.9 Å². The van der Waals surface area contributed by atoms with Crippen LogP contribution in [0.3, 0.4) is 0 Å². The van der Waals surface area contributed by atoms with E-state index >= 15 is 0 Å². The Bertz CT molecular complexity index is 506. The first kappa shape index (κ1) is 16.2. The van der Waals surface area contributed by atoms with Crippen LogP contribution in [0.15, 0.2) is 47.6 Å². The Morgan fingerprint density at radius 3 is 2.45 bits per heavy atom. The molecule has 0 aromatic heterocycles. The van der Waals surface area contributed by atoms with E-state index in [1.54, 1.807) is 0 Å². The van der Waals surface area contributed by atoms with Gasteiger partial charge < -0.3 is 4.74 Å². The summed E-state index contributed by atoms with van der Waals surface area (Å²) in [6.45, 7) is 7.81. The second-order valence-electron chi connectivity index (χ2n) is 5.28. The van der Waals surface area contributed by atoms with Crippen LogP contribution in [0.1, 0.15) is 46.1 Å². The highest BCUT2D eigenvalue weighted by molar-refractivity contribution is 5.69. The van der Waals surface area contributed by atoms with Crippen LogP contribution in [0.25, 0.3) is 0 Å². The van der Waals surface area contributed by atoms with Crippen molar-refractivity contribution in [3.63, 3.8) is 0 Å². The number of hydrogen-bond donors (Lipinski definition) is 0. The Labute approximate surface area is 122 Å². The highest BCUT2D eigenvalue weighted by Gasteiger charge is 2.04. The van der Waals surface area contributed by atoms with Gasteiger partial charge >= 0.3 is 5.97 Å². The number of rotatable bonds is 6. The zero-order valence-corrected chi connectivity index (χ0v) is 12.9.